The molecule has 1 saturated heterocycles. The van der Waals surface area contributed by atoms with Crippen LogP contribution in [-0.4, -0.2) is 19.0 Å². The molecule has 1 aromatic rings. The zero-order valence-electron chi connectivity index (χ0n) is 8.92. The Bertz CT molecular complexity index is 362. The van der Waals surface area contributed by atoms with Crippen molar-refractivity contribution >= 4 is 5.91 Å². The van der Waals surface area contributed by atoms with Crippen molar-refractivity contribution in [2.24, 2.45) is 0 Å². The average molecular weight is 204 g/mol. The second-order valence-corrected chi connectivity index (χ2v) is 3.99. The predicted octanol–water partition coefficient (Wildman–Crippen LogP) is 1.15. The van der Waals surface area contributed by atoms with E-state index in [4.69, 9.17) is 0 Å². The van der Waals surface area contributed by atoms with Gasteiger partial charge < -0.3 is 10.6 Å². The van der Waals surface area contributed by atoms with Gasteiger partial charge in [0.1, 0.15) is 0 Å². The number of hydrogen-bond donors (Lipinski definition) is 2. The van der Waals surface area contributed by atoms with Crippen LogP contribution in [0.5, 0.6) is 0 Å². The Morgan fingerprint density at radius 2 is 2.27 bits per heavy atom. The van der Waals surface area contributed by atoms with Crippen LogP contribution in [0.2, 0.25) is 0 Å². The van der Waals surface area contributed by atoms with Gasteiger partial charge in [-0.15, -0.1) is 0 Å². The maximum absolute atomic E-state index is 11.4. The third kappa shape index (κ3) is 2.57. The van der Waals surface area contributed by atoms with Gasteiger partial charge in [-0.3, -0.25) is 4.79 Å². The zero-order valence-corrected chi connectivity index (χ0v) is 8.92. The molecule has 80 valence electrons. The summed E-state index contributed by atoms with van der Waals surface area (Å²) < 4.78 is 0. The Kier molecular flexibility index (Phi) is 3.02. The molecule has 0 aliphatic carbocycles. The smallest absolute Gasteiger partial charge is 0.221 e. The van der Waals surface area contributed by atoms with Crippen molar-refractivity contribution in [3.8, 4) is 0 Å². The van der Waals surface area contributed by atoms with E-state index in [-0.39, 0.29) is 11.9 Å². The van der Waals surface area contributed by atoms with E-state index in [1.807, 2.05) is 6.07 Å². The maximum Gasteiger partial charge on any atom is 0.221 e. The summed E-state index contributed by atoms with van der Waals surface area (Å²) in [6.45, 7) is 3.65. The molecule has 0 radical (unpaired) electrons. The molecule has 0 bridgehead atoms. The minimum absolute atomic E-state index is 0.111. The second kappa shape index (κ2) is 4.45. The van der Waals surface area contributed by atoms with Crippen LogP contribution < -0.4 is 10.6 Å². The Morgan fingerprint density at radius 3 is 3.07 bits per heavy atom. The highest BCUT2D eigenvalue weighted by molar-refractivity contribution is 5.77. The van der Waals surface area contributed by atoms with Crippen LogP contribution in [0.15, 0.2) is 24.3 Å². The molecule has 1 atom stereocenters. The van der Waals surface area contributed by atoms with E-state index in [0.717, 1.165) is 13.1 Å². The Hall–Kier alpha value is -1.35. The molecule has 0 saturated carbocycles. The molecule has 1 heterocycles. The molecule has 3 heteroatoms. The van der Waals surface area contributed by atoms with Crippen LogP contribution >= 0.6 is 0 Å². The lowest BCUT2D eigenvalue weighted by molar-refractivity contribution is -0.121. The topological polar surface area (TPSA) is 41.1 Å². The summed E-state index contributed by atoms with van der Waals surface area (Å²) in [5.74, 6) is 0.131. The number of aryl methyl sites for hydroxylation is 1. The second-order valence-electron chi connectivity index (χ2n) is 3.99. The molecule has 3 nitrogen and oxygen atoms in total. The molecule has 0 aromatic heterocycles. The molecule has 1 aliphatic rings. The zero-order chi connectivity index (χ0) is 10.7. The molecule has 2 N–H and O–H groups in total. The van der Waals surface area contributed by atoms with E-state index in [1.165, 1.54) is 11.1 Å². The summed E-state index contributed by atoms with van der Waals surface area (Å²) in [4.78, 5) is 11.4. The van der Waals surface area contributed by atoms with Gasteiger partial charge in [-0.25, -0.2) is 0 Å². The average Bonchev–Trinajstić information content (AvgIpc) is 2.43. The first-order chi connectivity index (χ1) is 7.25. The highest BCUT2D eigenvalue weighted by Crippen LogP contribution is 2.15. The van der Waals surface area contributed by atoms with Crippen LogP contribution in [0.3, 0.4) is 0 Å². The molecule has 0 spiro atoms. The number of carbonyl (C=O) groups is 1. The first-order valence-electron chi connectivity index (χ1n) is 5.32. The third-order valence-corrected chi connectivity index (χ3v) is 2.66. The number of benzene rings is 1. The van der Waals surface area contributed by atoms with E-state index in [0.29, 0.717) is 6.42 Å². The van der Waals surface area contributed by atoms with Gasteiger partial charge in [0.05, 0.1) is 6.04 Å². The first kappa shape index (κ1) is 10.2. The minimum Gasteiger partial charge on any atom is -0.348 e. The largest absolute Gasteiger partial charge is 0.348 e. The first-order valence-corrected chi connectivity index (χ1v) is 5.32. The van der Waals surface area contributed by atoms with Gasteiger partial charge in [0, 0.05) is 19.5 Å². The number of rotatable bonds is 1. The Labute approximate surface area is 89.9 Å². The molecule has 1 amide bonds. The SMILES string of the molecule is Cc1cccc(C2CNCCC(=O)N2)c1. The van der Waals surface area contributed by atoms with E-state index < -0.39 is 0 Å². The van der Waals surface area contributed by atoms with Gasteiger partial charge in [-0.1, -0.05) is 29.8 Å². The third-order valence-electron chi connectivity index (χ3n) is 2.66. The van der Waals surface area contributed by atoms with E-state index in [2.05, 4.69) is 35.8 Å². The van der Waals surface area contributed by atoms with Crippen molar-refractivity contribution in [2.45, 2.75) is 19.4 Å². The summed E-state index contributed by atoms with van der Waals surface area (Å²) in [7, 11) is 0. The van der Waals surface area contributed by atoms with E-state index in [9.17, 15) is 4.79 Å². The highest BCUT2D eigenvalue weighted by Gasteiger charge is 2.17. The highest BCUT2D eigenvalue weighted by atomic mass is 16.1. The van der Waals surface area contributed by atoms with Gasteiger partial charge >= 0.3 is 0 Å². The summed E-state index contributed by atoms with van der Waals surface area (Å²) in [6, 6.07) is 8.39. The minimum atomic E-state index is 0.111. The molecular formula is C12H16N2O. The summed E-state index contributed by atoms with van der Waals surface area (Å²) >= 11 is 0. The lowest BCUT2D eigenvalue weighted by atomic mass is 10.0. The van der Waals surface area contributed by atoms with Crippen LogP contribution in [0, 0.1) is 6.92 Å². The molecule has 2 rings (SSSR count). The monoisotopic (exact) mass is 204 g/mol. The van der Waals surface area contributed by atoms with Gasteiger partial charge in [0.2, 0.25) is 5.91 Å². The lowest BCUT2D eigenvalue weighted by Gasteiger charge is -2.16. The number of hydrogen-bond acceptors (Lipinski definition) is 2. The summed E-state index contributed by atoms with van der Waals surface area (Å²) in [6.07, 6.45) is 0.572. The number of amides is 1. The van der Waals surface area contributed by atoms with Crippen molar-refractivity contribution in [3.05, 3.63) is 35.4 Å². The molecule has 1 aromatic carbocycles. The van der Waals surface area contributed by atoms with Gasteiger partial charge in [-0.05, 0) is 12.5 Å². The normalized spacial score (nSPS) is 21.9. The lowest BCUT2D eigenvalue weighted by Crippen LogP contribution is -2.30. The van der Waals surface area contributed by atoms with Crippen molar-refractivity contribution in [1.29, 1.82) is 0 Å². The summed E-state index contributed by atoms with van der Waals surface area (Å²) in [5.41, 5.74) is 2.41. The van der Waals surface area contributed by atoms with E-state index in [1.54, 1.807) is 0 Å². The molecule has 15 heavy (non-hydrogen) atoms. The molecule has 1 aliphatic heterocycles. The Balaban J connectivity index is 2.18. The fraction of sp³-hybridized carbons (Fsp3) is 0.417. The number of carbonyl (C=O) groups excluding carboxylic acids is 1. The van der Waals surface area contributed by atoms with Crippen molar-refractivity contribution in [2.75, 3.05) is 13.1 Å². The van der Waals surface area contributed by atoms with Gasteiger partial charge in [0.15, 0.2) is 0 Å². The van der Waals surface area contributed by atoms with Gasteiger partial charge in [-0.2, -0.15) is 0 Å². The van der Waals surface area contributed by atoms with Crippen molar-refractivity contribution < 1.29 is 4.79 Å². The van der Waals surface area contributed by atoms with Crippen LogP contribution in [-0.2, 0) is 4.79 Å². The maximum atomic E-state index is 11.4. The van der Waals surface area contributed by atoms with Gasteiger partial charge in [0.25, 0.3) is 0 Å². The number of nitrogens with one attached hydrogen (secondary N) is 2. The fourth-order valence-corrected chi connectivity index (χ4v) is 1.85. The van der Waals surface area contributed by atoms with Crippen molar-refractivity contribution in [3.63, 3.8) is 0 Å². The Morgan fingerprint density at radius 1 is 1.40 bits per heavy atom. The quantitative estimate of drug-likeness (QED) is 0.720. The molecule has 1 fully saturated rings. The molecule has 1 unspecified atom stereocenters. The molecular weight excluding hydrogens is 188 g/mol. The predicted molar refractivity (Wildman–Crippen MR) is 59.5 cm³/mol. The van der Waals surface area contributed by atoms with Crippen LogP contribution in [0.25, 0.3) is 0 Å². The van der Waals surface area contributed by atoms with E-state index >= 15 is 0 Å². The summed E-state index contributed by atoms with van der Waals surface area (Å²) in [5, 5.41) is 6.28. The van der Waals surface area contributed by atoms with Crippen LogP contribution in [0.4, 0.5) is 0 Å². The fourth-order valence-electron chi connectivity index (χ4n) is 1.85. The van der Waals surface area contributed by atoms with Crippen molar-refractivity contribution in [1.82, 2.24) is 10.6 Å². The standard InChI is InChI=1S/C12H16N2O/c1-9-3-2-4-10(7-9)11-8-13-6-5-12(15)14-11/h2-4,7,11,13H,5-6,8H2,1H3,(H,14,15). The van der Waals surface area contributed by atoms with Crippen LogP contribution in [0.1, 0.15) is 23.6 Å².